The van der Waals surface area contributed by atoms with Crippen LogP contribution >= 0.6 is 23.2 Å². The van der Waals surface area contributed by atoms with Crippen LogP contribution < -0.4 is 14.5 Å². The second kappa shape index (κ2) is 14.7. The second-order valence-electron chi connectivity index (χ2n) is 11.2. The predicted octanol–water partition coefficient (Wildman–Crippen LogP) is 6.54. The van der Waals surface area contributed by atoms with E-state index >= 15 is 0 Å². The number of piperidine rings is 1. The third-order valence-corrected chi connectivity index (χ3v) is 8.57. The van der Waals surface area contributed by atoms with Crippen molar-refractivity contribution in [1.82, 2.24) is 4.90 Å². The van der Waals surface area contributed by atoms with Gasteiger partial charge in [-0.3, -0.25) is 4.90 Å². The molecule has 2 N–H and O–H groups in total. The van der Waals surface area contributed by atoms with E-state index in [0.717, 1.165) is 44.3 Å². The van der Waals surface area contributed by atoms with E-state index in [2.05, 4.69) is 9.88 Å². The number of hydrogen-bond donors (Lipinski definition) is 1. The lowest BCUT2D eigenvalue weighted by molar-refractivity contribution is -0.377. The lowest BCUT2D eigenvalue weighted by Crippen LogP contribution is -2.34. The Balaban J connectivity index is 1.39. The highest BCUT2D eigenvalue weighted by Crippen LogP contribution is 2.38. The van der Waals surface area contributed by atoms with Gasteiger partial charge in [0.05, 0.1) is 12.2 Å². The summed E-state index contributed by atoms with van der Waals surface area (Å²) in [6.07, 6.45) is 6.35. The number of alkyl halides is 2. The van der Waals surface area contributed by atoms with E-state index in [0.29, 0.717) is 51.7 Å². The highest BCUT2D eigenvalue weighted by atomic mass is 35.5. The van der Waals surface area contributed by atoms with E-state index in [1.807, 2.05) is 18.2 Å². The van der Waals surface area contributed by atoms with Gasteiger partial charge in [-0.1, -0.05) is 41.4 Å². The first-order valence-electron chi connectivity index (χ1n) is 14.5. The number of benzene rings is 2. The molecule has 3 aromatic rings. The minimum Gasteiger partial charge on any atom is -0.489 e. The van der Waals surface area contributed by atoms with Crippen molar-refractivity contribution in [3.05, 3.63) is 87.2 Å². The zero-order valence-corrected chi connectivity index (χ0v) is 25.1. The van der Waals surface area contributed by atoms with Gasteiger partial charge in [0.2, 0.25) is 0 Å². The summed E-state index contributed by atoms with van der Waals surface area (Å²) in [4.78, 5) is 18.7. The summed E-state index contributed by atoms with van der Waals surface area (Å²) in [5.41, 5.74) is 2.44. The first-order chi connectivity index (χ1) is 20.8. The third kappa shape index (κ3) is 8.79. The van der Waals surface area contributed by atoms with Crippen molar-refractivity contribution in [3.63, 3.8) is 0 Å². The van der Waals surface area contributed by atoms with Crippen LogP contribution in [0.2, 0.25) is 10.0 Å². The molecule has 1 saturated carbocycles. The zero-order valence-electron chi connectivity index (χ0n) is 23.6. The van der Waals surface area contributed by atoms with Gasteiger partial charge in [-0.15, -0.1) is 0 Å². The molecule has 1 aliphatic carbocycles. The molecule has 5 rings (SSSR count). The maximum Gasteiger partial charge on any atom is 0.387 e. The van der Waals surface area contributed by atoms with Crippen LogP contribution in [-0.2, 0) is 17.7 Å². The molecule has 1 aromatic heterocycles. The molecule has 1 atom stereocenters. The number of likely N-dealkylation sites (tertiary alicyclic amines) is 1. The Bertz CT molecular complexity index is 1380. The molecule has 2 aliphatic rings. The van der Waals surface area contributed by atoms with Crippen molar-refractivity contribution < 1.29 is 37.9 Å². The number of aliphatic hydroxyl groups is 1. The Morgan fingerprint density at radius 2 is 1.74 bits per heavy atom. The summed E-state index contributed by atoms with van der Waals surface area (Å²) < 4.78 is 42.9. The van der Waals surface area contributed by atoms with Gasteiger partial charge in [0.15, 0.2) is 23.9 Å². The second-order valence-corrected chi connectivity index (χ2v) is 12.0. The fourth-order valence-electron chi connectivity index (χ4n) is 5.19. The van der Waals surface area contributed by atoms with Crippen LogP contribution in [-0.4, -0.2) is 48.9 Å². The van der Waals surface area contributed by atoms with Crippen molar-refractivity contribution in [1.29, 1.82) is 0 Å². The van der Waals surface area contributed by atoms with Gasteiger partial charge in [0, 0.05) is 25.1 Å². The number of aromatic amines is 1. The first-order valence-corrected chi connectivity index (χ1v) is 15.2. The van der Waals surface area contributed by atoms with Gasteiger partial charge in [-0.2, -0.15) is 8.78 Å². The Morgan fingerprint density at radius 1 is 1.00 bits per heavy atom. The lowest BCUT2D eigenvalue weighted by atomic mass is 9.97. The van der Waals surface area contributed by atoms with Crippen molar-refractivity contribution in [2.24, 2.45) is 11.8 Å². The number of aliphatic hydroxyl groups excluding tert-OH is 1. The number of pyridine rings is 1. The van der Waals surface area contributed by atoms with Crippen molar-refractivity contribution >= 4 is 29.2 Å². The van der Waals surface area contributed by atoms with Crippen LogP contribution in [0, 0.1) is 11.8 Å². The lowest BCUT2D eigenvalue weighted by Gasteiger charge is -2.31. The molecule has 230 valence electrons. The van der Waals surface area contributed by atoms with Crippen LogP contribution in [0.15, 0.2) is 54.9 Å². The van der Waals surface area contributed by atoms with Gasteiger partial charge in [-0.05, 0) is 86.0 Å². The molecule has 1 aliphatic heterocycles. The molecule has 0 unspecified atom stereocenters. The fraction of sp³-hybridized carbons (Fsp3) is 0.438. The molecule has 2 heterocycles. The zero-order chi connectivity index (χ0) is 30.3. The minimum absolute atomic E-state index is 0.0921. The number of aromatic nitrogens is 1. The molecule has 1 saturated heterocycles. The van der Waals surface area contributed by atoms with Gasteiger partial charge >= 0.3 is 12.6 Å². The number of halogens is 4. The average Bonchev–Trinajstić information content (AvgIpc) is 3.83. The predicted molar refractivity (Wildman–Crippen MR) is 158 cm³/mol. The van der Waals surface area contributed by atoms with Crippen LogP contribution in [0.5, 0.6) is 11.5 Å². The van der Waals surface area contributed by atoms with Crippen LogP contribution in [0.25, 0.3) is 0 Å². The Kier molecular flexibility index (Phi) is 10.7. The molecular weight excluding hydrogens is 601 g/mol. The minimum atomic E-state index is -3.02. The Morgan fingerprint density at radius 3 is 2.42 bits per heavy atom. The monoisotopic (exact) mass is 635 g/mol. The van der Waals surface area contributed by atoms with Gasteiger partial charge < -0.3 is 19.3 Å². The summed E-state index contributed by atoms with van der Waals surface area (Å²) in [5.74, 6) is 0.230. The van der Waals surface area contributed by atoms with Crippen LogP contribution in [0.3, 0.4) is 0 Å². The molecule has 0 amide bonds. The number of carbonyl (C=O) groups excluding carboxylic acids is 1. The number of nitrogens with zero attached hydrogens (tertiary/aromatic N) is 1. The maximum absolute atomic E-state index is 13.5. The normalized spacial score (nSPS) is 16.7. The molecular formula is C32H35Cl2F2N2O5+. The summed E-state index contributed by atoms with van der Waals surface area (Å²) in [6.45, 7) is 0.0213. The van der Waals surface area contributed by atoms with Crippen molar-refractivity contribution in [3.8, 4) is 11.5 Å². The summed E-state index contributed by atoms with van der Waals surface area (Å²) in [5, 5.41) is 10.2. The third-order valence-electron chi connectivity index (χ3n) is 7.90. The molecule has 2 fully saturated rings. The fourth-order valence-corrected chi connectivity index (χ4v) is 5.72. The highest BCUT2D eigenvalue weighted by Gasteiger charge is 2.27. The number of nitrogens with one attached hydrogen (secondary N) is 1. The standard InChI is InChI=1S/C32H34Cl2F2N2O5/c33-26-15-37-16-27(34)25(26)14-29(23-6-7-28(43-32(35)36)30(13-23)41-19-21-4-5-21)42-31(40)24-3-1-2-22(12-24)17-38-10-8-20(18-39)9-11-38/h1-3,6-7,12-13,15-16,20-21,29,32,39H,4-5,8-11,14,17-19H2/p+1/t29-/m0/s1. The maximum atomic E-state index is 13.5. The van der Waals surface area contributed by atoms with E-state index in [4.69, 9.17) is 37.4 Å². The summed E-state index contributed by atoms with van der Waals surface area (Å²) in [6, 6.07) is 11.8. The average molecular weight is 637 g/mol. The first kappa shape index (κ1) is 31.4. The SMILES string of the molecule is O=C(O[C@@H](Cc1c(Cl)c[nH+]cc1Cl)c1ccc(OC(F)F)c(OCC2CC2)c1)c1cccc(CN2CCC(CO)CC2)c1. The molecule has 43 heavy (non-hydrogen) atoms. The number of hydrogen-bond acceptors (Lipinski definition) is 6. The topological polar surface area (TPSA) is 82.4 Å². The van der Waals surface area contributed by atoms with E-state index < -0.39 is 18.7 Å². The number of rotatable bonds is 13. The van der Waals surface area contributed by atoms with Gasteiger partial charge in [0.1, 0.15) is 16.1 Å². The number of H-pyrrole nitrogens is 1. The highest BCUT2D eigenvalue weighted by molar-refractivity contribution is 6.35. The Labute approximate surface area is 259 Å². The summed E-state index contributed by atoms with van der Waals surface area (Å²) >= 11 is 12.9. The largest absolute Gasteiger partial charge is 0.489 e. The van der Waals surface area contributed by atoms with E-state index in [-0.39, 0.29) is 24.5 Å². The van der Waals surface area contributed by atoms with Gasteiger partial charge in [-0.25, -0.2) is 9.78 Å². The Hall–Kier alpha value is -2.98. The molecule has 11 heteroatoms. The smallest absolute Gasteiger partial charge is 0.387 e. The van der Waals surface area contributed by atoms with Gasteiger partial charge in [0.25, 0.3) is 0 Å². The quantitative estimate of drug-likeness (QED) is 0.215. The summed E-state index contributed by atoms with van der Waals surface area (Å²) in [7, 11) is 0. The van der Waals surface area contributed by atoms with Crippen LogP contribution in [0.4, 0.5) is 8.78 Å². The number of esters is 1. The molecule has 0 radical (unpaired) electrons. The number of ether oxygens (including phenoxy) is 3. The molecule has 2 aromatic carbocycles. The molecule has 0 spiro atoms. The van der Waals surface area contributed by atoms with E-state index in [1.165, 1.54) is 6.07 Å². The number of carbonyl (C=O) groups is 1. The van der Waals surface area contributed by atoms with E-state index in [9.17, 15) is 18.7 Å². The molecule has 0 bridgehead atoms. The van der Waals surface area contributed by atoms with Crippen molar-refractivity contribution in [2.75, 3.05) is 26.3 Å². The van der Waals surface area contributed by atoms with E-state index in [1.54, 1.807) is 30.6 Å². The van der Waals surface area contributed by atoms with Crippen molar-refractivity contribution in [2.45, 2.75) is 51.4 Å². The van der Waals surface area contributed by atoms with Crippen LogP contribution in [0.1, 0.15) is 58.8 Å². The molecule has 7 nitrogen and oxygen atoms in total.